The van der Waals surface area contributed by atoms with Crippen molar-refractivity contribution in [2.75, 3.05) is 0 Å². The van der Waals surface area contributed by atoms with Gasteiger partial charge in [-0.05, 0) is 19.9 Å². The van der Waals surface area contributed by atoms with E-state index in [0.29, 0.717) is 0 Å². The Balaban J connectivity index is 2.24. The topological polar surface area (TPSA) is 101 Å². The molecule has 0 amide bonds. The molecule has 7 nitrogen and oxygen atoms in total. The summed E-state index contributed by atoms with van der Waals surface area (Å²) in [6.07, 6.45) is 1.61. The average Bonchev–Trinajstić information content (AvgIpc) is 2.98. The Labute approximate surface area is 126 Å². The number of aryl methyl sites for hydroxylation is 1. The summed E-state index contributed by atoms with van der Waals surface area (Å²) in [7, 11) is -1.98. The van der Waals surface area contributed by atoms with E-state index in [1.54, 1.807) is 24.9 Å². The minimum absolute atomic E-state index is 0.0201. The molecule has 2 rings (SSSR count). The normalized spacial score (nSPS) is 13.3. The van der Waals surface area contributed by atoms with Crippen molar-refractivity contribution in [1.82, 2.24) is 14.5 Å². The van der Waals surface area contributed by atoms with Gasteiger partial charge in [-0.15, -0.1) is 11.3 Å². The lowest BCUT2D eigenvalue weighted by atomic mass is 10.1. The van der Waals surface area contributed by atoms with Crippen molar-refractivity contribution in [3.63, 3.8) is 0 Å². The van der Waals surface area contributed by atoms with Crippen LogP contribution in [-0.2, 0) is 17.1 Å². The van der Waals surface area contributed by atoms with E-state index < -0.39 is 22.0 Å². The second-order valence-corrected chi connectivity index (χ2v) is 7.46. The number of nitrogens with one attached hydrogen (secondary N) is 1. The number of carboxylic acids is 1. The molecule has 2 N–H and O–H groups in total. The molecule has 0 aliphatic carbocycles. The highest BCUT2D eigenvalue weighted by Gasteiger charge is 2.23. The zero-order valence-corrected chi connectivity index (χ0v) is 13.3. The molecule has 114 valence electrons. The molecule has 0 aliphatic rings. The van der Waals surface area contributed by atoms with Crippen molar-refractivity contribution < 1.29 is 18.3 Å². The van der Waals surface area contributed by atoms with E-state index in [1.165, 1.54) is 5.38 Å². The van der Waals surface area contributed by atoms with Gasteiger partial charge in [0.25, 0.3) is 10.0 Å². The maximum absolute atomic E-state index is 12.2. The molecule has 21 heavy (non-hydrogen) atoms. The van der Waals surface area contributed by atoms with E-state index in [-0.39, 0.29) is 9.77 Å². The summed E-state index contributed by atoms with van der Waals surface area (Å²) in [4.78, 5) is 10.8. The molecule has 2 aromatic rings. The molecule has 0 aliphatic heterocycles. The first-order valence-electron chi connectivity index (χ1n) is 6.05. The molecule has 0 saturated heterocycles. The van der Waals surface area contributed by atoms with Crippen molar-refractivity contribution in [3.8, 4) is 0 Å². The SMILES string of the molecule is Cc1c(C(C)NS(=O)(=O)c2cc(C(=O)O)cs2)cnn1C. The summed E-state index contributed by atoms with van der Waals surface area (Å²) in [6, 6.07) is 0.692. The Bertz CT molecular complexity index is 776. The first kappa shape index (κ1) is 15.7. The number of aromatic carboxylic acids is 1. The minimum Gasteiger partial charge on any atom is -0.478 e. The van der Waals surface area contributed by atoms with Crippen LogP contribution in [0.1, 0.15) is 34.6 Å². The standard InChI is InChI=1S/C12H15N3O4S2/c1-7(10-5-13-15(3)8(10)2)14-21(18,19)11-4-9(6-20-11)12(16)17/h4-7,14H,1-3H3,(H,16,17). The van der Waals surface area contributed by atoms with Crippen LogP contribution in [0.15, 0.2) is 21.9 Å². The predicted octanol–water partition coefficient (Wildman–Crippen LogP) is 1.53. The number of sulfonamides is 1. The Morgan fingerprint density at radius 1 is 1.52 bits per heavy atom. The summed E-state index contributed by atoms with van der Waals surface area (Å²) in [5.74, 6) is -1.15. The van der Waals surface area contributed by atoms with E-state index in [9.17, 15) is 13.2 Å². The van der Waals surface area contributed by atoms with Gasteiger partial charge in [0.05, 0.1) is 11.8 Å². The summed E-state index contributed by atoms with van der Waals surface area (Å²) < 4.78 is 28.7. The molecule has 9 heteroatoms. The number of rotatable bonds is 5. The second kappa shape index (κ2) is 5.58. The summed E-state index contributed by atoms with van der Waals surface area (Å²) in [6.45, 7) is 3.56. The fraction of sp³-hybridized carbons (Fsp3) is 0.333. The van der Waals surface area contributed by atoms with Gasteiger partial charge in [-0.1, -0.05) is 0 Å². The van der Waals surface area contributed by atoms with Crippen LogP contribution in [0.5, 0.6) is 0 Å². The van der Waals surface area contributed by atoms with E-state index in [2.05, 4.69) is 9.82 Å². The number of hydrogen-bond donors (Lipinski definition) is 2. The fourth-order valence-electron chi connectivity index (χ4n) is 1.86. The van der Waals surface area contributed by atoms with Crippen molar-refractivity contribution in [3.05, 3.63) is 34.5 Å². The average molecular weight is 329 g/mol. The van der Waals surface area contributed by atoms with Crippen molar-refractivity contribution in [1.29, 1.82) is 0 Å². The highest BCUT2D eigenvalue weighted by atomic mass is 32.2. The summed E-state index contributed by atoms with van der Waals surface area (Å²) >= 11 is 0.879. The molecular weight excluding hydrogens is 314 g/mol. The Morgan fingerprint density at radius 2 is 2.19 bits per heavy atom. The summed E-state index contributed by atoms with van der Waals surface area (Å²) in [5, 5.41) is 14.2. The molecule has 1 atom stereocenters. The van der Waals surface area contributed by atoms with Crippen molar-refractivity contribution >= 4 is 27.3 Å². The lowest BCUT2D eigenvalue weighted by Gasteiger charge is -2.13. The smallest absolute Gasteiger partial charge is 0.336 e. The third-order valence-corrected chi connectivity index (χ3v) is 6.14. The Morgan fingerprint density at radius 3 is 2.67 bits per heavy atom. The van der Waals surface area contributed by atoms with E-state index >= 15 is 0 Å². The van der Waals surface area contributed by atoms with Crippen molar-refractivity contribution in [2.45, 2.75) is 24.1 Å². The molecule has 2 heterocycles. The molecule has 1 unspecified atom stereocenters. The number of carbonyl (C=O) groups is 1. The van der Waals surface area contributed by atoms with Crippen LogP contribution >= 0.6 is 11.3 Å². The van der Waals surface area contributed by atoms with Gasteiger partial charge in [0.15, 0.2) is 0 Å². The van der Waals surface area contributed by atoms with E-state index in [4.69, 9.17) is 5.11 Å². The third kappa shape index (κ3) is 3.14. The number of carboxylic acid groups (broad SMARTS) is 1. The second-order valence-electron chi connectivity index (χ2n) is 4.61. The maximum Gasteiger partial charge on any atom is 0.336 e. The van der Waals surface area contributed by atoms with Gasteiger partial charge in [0, 0.05) is 29.7 Å². The zero-order valence-electron chi connectivity index (χ0n) is 11.7. The lowest BCUT2D eigenvalue weighted by Crippen LogP contribution is -2.26. The van der Waals surface area contributed by atoms with Crippen LogP contribution in [0, 0.1) is 6.92 Å². The number of thiophene rings is 1. The number of hydrogen-bond acceptors (Lipinski definition) is 5. The Hall–Kier alpha value is -1.71. The van der Waals surface area contributed by atoms with Gasteiger partial charge >= 0.3 is 5.97 Å². The largest absolute Gasteiger partial charge is 0.478 e. The third-order valence-electron chi connectivity index (χ3n) is 3.16. The van der Waals surface area contributed by atoms with Gasteiger partial charge in [0.2, 0.25) is 0 Å². The van der Waals surface area contributed by atoms with Crippen LogP contribution in [-0.4, -0.2) is 29.3 Å². The molecule has 0 aromatic carbocycles. The highest BCUT2D eigenvalue weighted by Crippen LogP contribution is 2.23. The van der Waals surface area contributed by atoms with Gasteiger partial charge in [0.1, 0.15) is 4.21 Å². The molecule has 2 aromatic heterocycles. The van der Waals surface area contributed by atoms with Gasteiger partial charge in [-0.2, -0.15) is 5.10 Å². The van der Waals surface area contributed by atoms with E-state index in [1.807, 2.05) is 6.92 Å². The first-order valence-corrected chi connectivity index (χ1v) is 8.41. The molecule has 0 radical (unpaired) electrons. The van der Waals surface area contributed by atoms with Gasteiger partial charge in [-0.3, -0.25) is 4.68 Å². The summed E-state index contributed by atoms with van der Waals surface area (Å²) in [5.41, 5.74) is 1.60. The van der Waals surface area contributed by atoms with Gasteiger partial charge in [-0.25, -0.2) is 17.9 Å². The van der Waals surface area contributed by atoms with E-state index in [0.717, 1.165) is 28.7 Å². The van der Waals surface area contributed by atoms with Gasteiger partial charge < -0.3 is 5.11 Å². The van der Waals surface area contributed by atoms with Crippen LogP contribution in [0.25, 0.3) is 0 Å². The maximum atomic E-state index is 12.2. The molecular formula is C12H15N3O4S2. The molecule has 0 fully saturated rings. The highest BCUT2D eigenvalue weighted by molar-refractivity contribution is 7.91. The van der Waals surface area contributed by atoms with Crippen LogP contribution < -0.4 is 4.72 Å². The van der Waals surface area contributed by atoms with Crippen molar-refractivity contribution in [2.24, 2.45) is 7.05 Å². The number of nitrogens with zero attached hydrogens (tertiary/aromatic N) is 2. The van der Waals surface area contributed by atoms with Crippen LogP contribution in [0.4, 0.5) is 0 Å². The molecule has 0 saturated carbocycles. The first-order chi connectivity index (χ1) is 9.72. The fourth-order valence-corrected chi connectivity index (χ4v) is 4.26. The predicted molar refractivity (Wildman–Crippen MR) is 78.0 cm³/mol. The quantitative estimate of drug-likeness (QED) is 0.866. The van der Waals surface area contributed by atoms with Crippen LogP contribution in [0.3, 0.4) is 0 Å². The van der Waals surface area contributed by atoms with Crippen LogP contribution in [0.2, 0.25) is 0 Å². The molecule has 0 spiro atoms. The number of aromatic nitrogens is 2. The zero-order chi connectivity index (χ0) is 15.8. The lowest BCUT2D eigenvalue weighted by molar-refractivity contribution is 0.0697. The molecule has 0 bridgehead atoms. The minimum atomic E-state index is -3.76. The monoisotopic (exact) mass is 329 g/mol. The Kier molecular flexibility index (Phi) is 4.17.